The monoisotopic (exact) mass is 448 g/mol. The number of nitrogens with one attached hydrogen (secondary N) is 1. The molecule has 0 radical (unpaired) electrons. The maximum absolute atomic E-state index is 13.6. The van der Waals surface area contributed by atoms with Crippen LogP contribution in [-0.4, -0.2) is 17.1 Å². The number of thioether (sulfide) groups is 1. The van der Waals surface area contributed by atoms with Gasteiger partial charge in [-0.3, -0.25) is 14.5 Å². The van der Waals surface area contributed by atoms with Gasteiger partial charge in [0.2, 0.25) is 11.8 Å². The lowest BCUT2D eigenvalue weighted by molar-refractivity contribution is -0.117. The van der Waals surface area contributed by atoms with Crippen LogP contribution < -0.4 is 10.2 Å². The Labute approximate surface area is 191 Å². The van der Waals surface area contributed by atoms with E-state index in [1.807, 2.05) is 79.4 Å². The summed E-state index contributed by atoms with van der Waals surface area (Å²) in [7, 11) is 0. The van der Waals surface area contributed by atoms with E-state index in [0.29, 0.717) is 6.42 Å². The molecule has 0 aromatic heterocycles. The van der Waals surface area contributed by atoms with E-state index in [-0.39, 0.29) is 17.1 Å². The number of nitrogens with zero attached hydrogens (tertiary/aromatic N) is 1. The Hall–Kier alpha value is -2.70. The van der Waals surface area contributed by atoms with E-state index in [1.54, 1.807) is 11.8 Å². The summed E-state index contributed by atoms with van der Waals surface area (Å²) in [6, 6.07) is 23.7. The molecule has 0 bridgehead atoms. The lowest BCUT2D eigenvalue weighted by atomic mass is 10.2. The van der Waals surface area contributed by atoms with Crippen molar-refractivity contribution in [3.05, 3.63) is 72.8 Å². The smallest absolute Gasteiger partial charge is 0.244 e. The lowest BCUT2D eigenvalue weighted by Crippen LogP contribution is -2.34. The second-order valence-electron chi connectivity index (χ2n) is 7.30. The van der Waals surface area contributed by atoms with E-state index in [0.717, 1.165) is 38.2 Å². The Bertz CT molecular complexity index is 1070. The zero-order chi connectivity index (χ0) is 21.8. The number of para-hydroxylation sites is 2. The van der Waals surface area contributed by atoms with Gasteiger partial charge in [0.05, 0.1) is 16.6 Å². The highest BCUT2D eigenvalue weighted by atomic mass is 32.2. The van der Waals surface area contributed by atoms with Gasteiger partial charge in [0.15, 0.2) is 0 Å². The fourth-order valence-corrected chi connectivity index (χ4v) is 5.50. The van der Waals surface area contributed by atoms with Crippen LogP contribution in [0.1, 0.15) is 26.7 Å². The summed E-state index contributed by atoms with van der Waals surface area (Å²) in [5.74, 6) is 0.0402. The number of carbonyl (C=O) groups is 2. The minimum absolute atomic E-state index is 0.00723. The number of benzene rings is 3. The summed E-state index contributed by atoms with van der Waals surface area (Å²) >= 11 is 3.19. The van der Waals surface area contributed by atoms with Gasteiger partial charge in [-0.05, 0) is 55.8 Å². The number of anilines is 3. The van der Waals surface area contributed by atoms with Gasteiger partial charge in [-0.25, -0.2) is 0 Å². The van der Waals surface area contributed by atoms with Crippen LogP contribution in [-0.2, 0) is 9.59 Å². The normalized spacial score (nSPS) is 13.2. The molecule has 6 heteroatoms. The maximum Gasteiger partial charge on any atom is 0.244 e. The number of hydrogen-bond donors (Lipinski definition) is 1. The molecule has 4 nitrogen and oxygen atoms in total. The van der Waals surface area contributed by atoms with Crippen LogP contribution in [0, 0.1) is 0 Å². The Morgan fingerprint density at radius 3 is 2.26 bits per heavy atom. The number of amides is 2. The van der Waals surface area contributed by atoms with Crippen molar-refractivity contribution in [2.75, 3.05) is 10.2 Å². The van der Waals surface area contributed by atoms with E-state index < -0.39 is 0 Å². The topological polar surface area (TPSA) is 49.4 Å². The van der Waals surface area contributed by atoms with Crippen LogP contribution in [0.25, 0.3) is 0 Å². The molecule has 3 aromatic carbocycles. The maximum atomic E-state index is 13.6. The van der Waals surface area contributed by atoms with Crippen molar-refractivity contribution in [1.29, 1.82) is 0 Å². The molecule has 0 saturated carbocycles. The van der Waals surface area contributed by atoms with E-state index in [9.17, 15) is 9.59 Å². The minimum atomic E-state index is -0.300. The molecule has 1 atom stereocenters. The van der Waals surface area contributed by atoms with Crippen LogP contribution >= 0.6 is 23.5 Å². The molecule has 0 fully saturated rings. The third kappa shape index (κ3) is 4.81. The average molecular weight is 449 g/mol. The highest BCUT2D eigenvalue weighted by Crippen LogP contribution is 2.48. The van der Waals surface area contributed by atoms with Crippen molar-refractivity contribution in [3.8, 4) is 0 Å². The third-order valence-corrected chi connectivity index (χ3v) is 7.12. The predicted octanol–water partition coefficient (Wildman–Crippen LogP) is 6.74. The third-order valence-electron chi connectivity index (χ3n) is 4.91. The first kappa shape index (κ1) is 21.5. The highest BCUT2D eigenvalue weighted by Gasteiger charge is 2.31. The van der Waals surface area contributed by atoms with Gasteiger partial charge in [0.1, 0.15) is 0 Å². The molecule has 0 spiro atoms. The largest absolute Gasteiger partial charge is 0.326 e. The molecule has 2 amide bonds. The quantitative estimate of drug-likeness (QED) is 0.425. The van der Waals surface area contributed by atoms with Gasteiger partial charge in [0, 0.05) is 26.8 Å². The van der Waals surface area contributed by atoms with Crippen LogP contribution in [0.15, 0.2) is 87.5 Å². The molecule has 1 unspecified atom stereocenters. The second-order valence-corrected chi connectivity index (χ2v) is 9.80. The molecule has 1 heterocycles. The Kier molecular flexibility index (Phi) is 6.68. The Balaban J connectivity index is 1.56. The first-order valence-electron chi connectivity index (χ1n) is 10.3. The molecule has 1 N–H and O–H groups in total. The summed E-state index contributed by atoms with van der Waals surface area (Å²) in [4.78, 5) is 30.5. The summed E-state index contributed by atoms with van der Waals surface area (Å²) in [5.41, 5.74) is 2.60. The standard InChI is InChI=1S/C25H24N2O2S2/c1-3-9-24(28)26-18-10-8-11-19(16-18)30-17(2)25(29)27-20-12-4-6-14-22(20)31-23-15-7-5-13-21(23)27/h4-8,10-17H,3,9H2,1-2H3,(H,26,28). The molecular formula is C25H24N2O2S2. The molecule has 1 aliphatic rings. The Morgan fingerprint density at radius 2 is 1.61 bits per heavy atom. The van der Waals surface area contributed by atoms with Crippen LogP contribution in [0.5, 0.6) is 0 Å². The fraction of sp³-hybridized carbons (Fsp3) is 0.200. The van der Waals surface area contributed by atoms with E-state index in [1.165, 1.54) is 11.8 Å². The van der Waals surface area contributed by atoms with Gasteiger partial charge in [-0.15, -0.1) is 11.8 Å². The molecule has 0 saturated heterocycles. The van der Waals surface area contributed by atoms with Crippen molar-refractivity contribution in [2.24, 2.45) is 0 Å². The van der Waals surface area contributed by atoms with Crippen molar-refractivity contribution >= 4 is 52.4 Å². The first-order chi connectivity index (χ1) is 15.1. The number of rotatable bonds is 6. The van der Waals surface area contributed by atoms with Gasteiger partial charge in [-0.2, -0.15) is 0 Å². The van der Waals surface area contributed by atoms with Gasteiger partial charge < -0.3 is 5.32 Å². The van der Waals surface area contributed by atoms with Crippen molar-refractivity contribution < 1.29 is 9.59 Å². The van der Waals surface area contributed by atoms with E-state index >= 15 is 0 Å². The first-order valence-corrected chi connectivity index (χ1v) is 12.0. The zero-order valence-electron chi connectivity index (χ0n) is 17.5. The highest BCUT2D eigenvalue weighted by molar-refractivity contribution is 8.00. The predicted molar refractivity (Wildman–Crippen MR) is 129 cm³/mol. The summed E-state index contributed by atoms with van der Waals surface area (Å²) in [5, 5.41) is 2.62. The van der Waals surface area contributed by atoms with E-state index in [4.69, 9.17) is 0 Å². The second kappa shape index (κ2) is 9.62. The number of hydrogen-bond acceptors (Lipinski definition) is 4. The van der Waals surface area contributed by atoms with Gasteiger partial charge in [0.25, 0.3) is 0 Å². The van der Waals surface area contributed by atoms with Crippen LogP contribution in [0.2, 0.25) is 0 Å². The molecular weight excluding hydrogens is 424 g/mol. The molecule has 1 aliphatic heterocycles. The zero-order valence-corrected chi connectivity index (χ0v) is 19.1. The van der Waals surface area contributed by atoms with Crippen molar-refractivity contribution in [1.82, 2.24) is 0 Å². The van der Waals surface area contributed by atoms with Gasteiger partial charge >= 0.3 is 0 Å². The summed E-state index contributed by atoms with van der Waals surface area (Å²) < 4.78 is 0. The molecule has 31 heavy (non-hydrogen) atoms. The summed E-state index contributed by atoms with van der Waals surface area (Å²) in [6.07, 6.45) is 1.31. The van der Waals surface area contributed by atoms with Crippen LogP contribution in [0.4, 0.5) is 17.1 Å². The SMILES string of the molecule is CCCC(=O)Nc1cccc(SC(C)C(=O)N2c3ccccc3Sc3ccccc32)c1. The van der Waals surface area contributed by atoms with Gasteiger partial charge in [-0.1, -0.05) is 49.0 Å². The number of carbonyl (C=O) groups excluding carboxylic acids is 2. The molecule has 3 aromatic rings. The van der Waals surface area contributed by atoms with Crippen molar-refractivity contribution in [3.63, 3.8) is 0 Å². The molecule has 158 valence electrons. The molecule has 4 rings (SSSR count). The fourth-order valence-electron chi connectivity index (χ4n) is 3.48. The minimum Gasteiger partial charge on any atom is -0.326 e. The lowest BCUT2D eigenvalue weighted by Gasteiger charge is -2.32. The van der Waals surface area contributed by atoms with E-state index in [2.05, 4.69) is 17.4 Å². The van der Waals surface area contributed by atoms with Crippen LogP contribution in [0.3, 0.4) is 0 Å². The summed E-state index contributed by atoms with van der Waals surface area (Å²) in [6.45, 7) is 3.91. The Morgan fingerprint density at radius 1 is 0.968 bits per heavy atom. The molecule has 0 aliphatic carbocycles. The average Bonchev–Trinajstić information content (AvgIpc) is 2.77. The van der Waals surface area contributed by atoms with Crippen molar-refractivity contribution in [2.45, 2.75) is 46.6 Å². The number of fused-ring (bicyclic) bond motifs is 2.